The van der Waals surface area contributed by atoms with Gasteiger partial charge in [0.05, 0.1) is 11.5 Å². The van der Waals surface area contributed by atoms with E-state index in [0.29, 0.717) is 19.6 Å². The zero-order chi connectivity index (χ0) is 17.5. The lowest BCUT2D eigenvalue weighted by atomic mass is 10.1. The van der Waals surface area contributed by atoms with Gasteiger partial charge in [0.15, 0.2) is 5.75 Å². The first-order chi connectivity index (χ1) is 11.5. The van der Waals surface area contributed by atoms with Gasteiger partial charge in [-0.2, -0.15) is 0 Å². The van der Waals surface area contributed by atoms with E-state index in [1.807, 2.05) is 0 Å². The molecule has 0 unspecified atom stereocenters. The van der Waals surface area contributed by atoms with Crippen molar-refractivity contribution in [1.29, 1.82) is 0 Å². The first-order valence-corrected chi connectivity index (χ1v) is 7.45. The standard InChI is InChI=1S/C17H17FN2O4/c1-2-24-16-8-5-13(11-15(16)20(22)23)17(21)19-10-9-12-3-6-14(18)7-4-12/h3-8,11H,2,9-10H2,1H3,(H,19,21). The van der Waals surface area contributed by atoms with Gasteiger partial charge in [-0.15, -0.1) is 0 Å². The summed E-state index contributed by atoms with van der Waals surface area (Å²) >= 11 is 0. The Labute approximate surface area is 138 Å². The quantitative estimate of drug-likeness (QED) is 0.624. The van der Waals surface area contributed by atoms with Gasteiger partial charge in [0.25, 0.3) is 5.91 Å². The van der Waals surface area contributed by atoms with E-state index in [4.69, 9.17) is 4.74 Å². The number of nitro benzene ring substituents is 1. The van der Waals surface area contributed by atoms with Crippen LogP contribution in [0.1, 0.15) is 22.8 Å². The smallest absolute Gasteiger partial charge is 0.311 e. The summed E-state index contributed by atoms with van der Waals surface area (Å²) in [6.07, 6.45) is 0.533. The van der Waals surface area contributed by atoms with Gasteiger partial charge in [-0.05, 0) is 43.2 Å². The van der Waals surface area contributed by atoms with Crippen LogP contribution in [0.4, 0.5) is 10.1 Å². The minimum atomic E-state index is -0.583. The molecule has 0 saturated carbocycles. The molecule has 0 bridgehead atoms. The highest BCUT2D eigenvalue weighted by Gasteiger charge is 2.18. The van der Waals surface area contributed by atoms with Crippen LogP contribution in [0.2, 0.25) is 0 Å². The number of carbonyl (C=O) groups excluding carboxylic acids is 1. The van der Waals surface area contributed by atoms with Crippen LogP contribution in [-0.4, -0.2) is 24.0 Å². The zero-order valence-corrected chi connectivity index (χ0v) is 13.1. The maximum atomic E-state index is 12.8. The average Bonchev–Trinajstić information content (AvgIpc) is 2.57. The molecule has 7 heteroatoms. The monoisotopic (exact) mass is 332 g/mol. The van der Waals surface area contributed by atoms with E-state index in [-0.39, 0.29) is 22.8 Å². The lowest BCUT2D eigenvalue weighted by molar-refractivity contribution is -0.385. The molecular formula is C17H17FN2O4. The molecule has 0 aliphatic heterocycles. The van der Waals surface area contributed by atoms with Gasteiger partial charge < -0.3 is 10.1 Å². The molecule has 0 atom stereocenters. The molecule has 2 rings (SSSR count). The van der Waals surface area contributed by atoms with E-state index in [9.17, 15) is 19.3 Å². The maximum absolute atomic E-state index is 12.8. The van der Waals surface area contributed by atoms with Crippen molar-refractivity contribution in [2.75, 3.05) is 13.2 Å². The number of hydrogen-bond donors (Lipinski definition) is 1. The first kappa shape index (κ1) is 17.4. The van der Waals surface area contributed by atoms with Crippen LogP contribution in [0.25, 0.3) is 0 Å². The summed E-state index contributed by atoms with van der Waals surface area (Å²) in [6.45, 7) is 2.36. The molecule has 0 aliphatic carbocycles. The van der Waals surface area contributed by atoms with Crippen molar-refractivity contribution < 1.29 is 18.8 Å². The van der Waals surface area contributed by atoms with E-state index in [0.717, 1.165) is 5.56 Å². The highest BCUT2D eigenvalue weighted by Crippen LogP contribution is 2.27. The number of carbonyl (C=O) groups is 1. The predicted molar refractivity (Wildman–Crippen MR) is 86.7 cm³/mol. The van der Waals surface area contributed by atoms with Gasteiger partial charge in [-0.1, -0.05) is 12.1 Å². The fourth-order valence-electron chi connectivity index (χ4n) is 2.15. The van der Waals surface area contributed by atoms with Gasteiger partial charge in [-0.25, -0.2) is 4.39 Å². The minimum Gasteiger partial charge on any atom is -0.487 e. The van der Waals surface area contributed by atoms with Crippen molar-refractivity contribution in [3.8, 4) is 5.75 Å². The van der Waals surface area contributed by atoms with Crippen LogP contribution in [0.5, 0.6) is 5.75 Å². The van der Waals surface area contributed by atoms with Crippen molar-refractivity contribution in [3.05, 3.63) is 69.5 Å². The van der Waals surface area contributed by atoms with Crippen molar-refractivity contribution in [2.45, 2.75) is 13.3 Å². The summed E-state index contributed by atoms with van der Waals surface area (Å²) in [6, 6.07) is 10.1. The van der Waals surface area contributed by atoms with E-state index < -0.39 is 10.8 Å². The maximum Gasteiger partial charge on any atom is 0.311 e. The summed E-state index contributed by atoms with van der Waals surface area (Å²) in [5, 5.41) is 13.7. The third-order valence-electron chi connectivity index (χ3n) is 3.33. The van der Waals surface area contributed by atoms with Crippen molar-refractivity contribution in [3.63, 3.8) is 0 Å². The van der Waals surface area contributed by atoms with E-state index in [1.54, 1.807) is 19.1 Å². The molecule has 0 heterocycles. The molecule has 2 aromatic rings. The lowest BCUT2D eigenvalue weighted by Gasteiger charge is -2.08. The molecule has 0 aliphatic rings. The minimum absolute atomic E-state index is 0.130. The molecule has 0 saturated heterocycles. The van der Waals surface area contributed by atoms with Crippen LogP contribution >= 0.6 is 0 Å². The second-order valence-corrected chi connectivity index (χ2v) is 5.00. The largest absolute Gasteiger partial charge is 0.487 e. The number of nitrogens with one attached hydrogen (secondary N) is 1. The predicted octanol–water partition coefficient (Wildman–Crippen LogP) is 3.11. The molecular weight excluding hydrogens is 315 g/mol. The Morgan fingerprint density at radius 1 is 1.25 bits per heavy atom. The molecule has 24 heavy (non-hydrogen) atoms. The molecule has 0 fully saturated rings. The van der Waals surface area contributed by atoms with Gasteiger partial charge in [-0.3, -0.25) is 14.9 Å². The molecule has 1 N–H and O–H groups in total. The third kappa shape index (κ3) is 4.52. The Kier molecular flexibility index (Phi) is 5.83. The topological polar surface area (TPSA) is 81.5 Å². The summed E-state index contributed by atoms with van der Waals surface area (Å²) in [5.74, 6) is -0.599. The summed E-state index contributed by atoms with van der Waals surface area (Å²) in [4.78, 5) is 22.6. The number of hydrogen-bond acceptors (Lipinski definition) is 4. The molecule has 0 radical (unpaired) electrons. The molecule has 0 spiro atoms. The number of nitrogens with zero attached hydrogens (tertiary/aromatic N) is 1. The van der Waals surface area contributed by atoms with E-state index in [1.165, 1.54) is 30.3 Å². The normalized spacial score (nSPS) is 10.2. The lowest BCUT2D eigenvalue weighted by Crippen LogP contribution is -2.25. The number of halogens is 1. The van der Waals surface area contributed by atoms with Crippen molar-refractivity contribution in [1.82, 2.24) is 5.32 Å². The van der Waals surface area contributed by atoms with Crippen LogP contribution in [0, 0.1) is 15.9 Å². The van der Waals surface area contributed by atoms with Crippen LogP contribution in [0.15, 0.2) is 42.5 Å². The number of rotatable bonds is 7. The fourth-order valence-corrected chi connectivity index (χ4v) is 2.15. The number of nitro groups is 1. The Hall–Kier alpha value is -2.96. The van der Waals surface area contributed by atoms with Gasteiger partial charge in [0.2, 0.25) is 0 Å². The number of benzene rings is 2. The second kappa shape index (κ2) is 8.05. The second-order valence-electron chi connectivity index (χ2n) is 5.00. The van der Waals surface area contributed by atoms with E-state index >= 15 is 0 Å². The molecule has 2 aromatic carbocycles. The Morgan fingerprint density at radius 3 is 2.58 bits per heavy atom. The highest BCUT2D eigenvalue weighted by molar-refractivity contribution is 5.95. The molecule has 126 valence electrons. The van der Waals surface area contributed by atoms with Crippen LogP contribution in [0.3, 0.4) is 0 Å². The Morgan fingerprint density at radius 2 is 1.96 bits per heavy atom. The third-order valence-corrected chi connectivity index (χ3v) is 3.33. The summed E-state index contributed by atoms with van der Waals surface area (Å²) in [7, 11) is 0. The molecule has 6 nitrogen and oxygen atoms in total. The Bertz CT molecular complexity index is 732. The molecule has 0 aromatic heterocycles. The summed E-state index contributed by atoms with van der Waals surface area (Å²) in [5.41, 5.74) is 0.821. The summed E-state index contributed by atoms with van der Waals surface area (Å²) < 4.78 is 18.0. The average molecular weight is 332 g/mol. The highest BCUT2D eigenvalue weighted by atomic mass is 19.1. The SMILES string of the molecule is CCOc1ccc(C(=O)NCCc2ccc(F)cc2)cc1[N+](=O)[O-]. The van der Waals surface area contributed by atoms with Gasteiger partial charge in [0.1, 0.15) is 5.82 Å². The molecule has 1 amide bonds. The Balaban J connectivity index is 2.00. The zero-order valence-electron chi connectivity index (χ0n) is 13.1. The first-order valence-electron chi connectivity index (χ1n) is 7.45. The van der Waals surface area contributed by atoms with Crippen molar-refractivity contribution >= 4 is 11.6 Å². The van der Waals surface area contributed by atoms with Gasteiger partial charge >= 0.3 is 5.69 Å². The van der Waals surface area contributed by atoms with Crippen LogP contribution in [-0.2, 0) is 6.42 Å². The van der Waals surface area contributed by atoms with Gasteiger partial charge in [0, 0.05) is 18.2 Å². The van der Waals surface area contributed by atoms with E-state index in [2.05, 4.69) is 5.32 Å². The van der Waals surface area contributed by atoms with Crippen molar-refractivity contribution in [2.24, 2.45) is 0 Å². The van der Waals surface area contributed by atoms with Crippen LogP contribution < -0.4 is 10.1 Å². The number of ether oxygens (including phenoxy) is 1. The fraction of sp³-hybridized carbons (Fsp3) is 0.235. The number of amides is 1.